The van der Waals surface area contributed by atoms with E-state index < -0.39 is 0 Å². The van der Waals surface area contributed by atoms with E-state index in [0.29, 0.717) is 11.5 Å². The van der Waals surface area contributed by atoms with Gasteiger partial charge in [0, 0.05) is 45.5 Å². The Morgan fingerprint density at radius 2 is 1.96 bits per heavy atom. The number of benzene rings is 1. The van der Waals surface area contributed by atoms with Crippen LogP contribution in [-0.4, -0.2) is 58.9 Å². The number of likely N-dealkylation sites (tertiary alicyclic amines) is 1. The Balaban J connectivity index is 1.49. The van der Waals surface area contributed by atoms with Gasteiger partial charge in [-0.15, -0.1) is 0 Å². The third kappa shape index (κ3) is 5.58. The summed E-state index contributed by atoms with van der Waals surface area (Å²) in [4.78, 5) is 25.3. The topological polar surface area (TPSA) is 49.3 Å². The predicted octanol–water partition coefficient (Wildman–Crippen LogP) is 3.20. The highest BCUT2D eigenvalue weighted by atomic mass is 19.1. The standard InChI is InChI=1S/C22H29FN4O/c1-3-21-24-13-19(14-25-21)22(28)26(2)15-18-5-4-11-27(16-18)12-10-17-6-8-20(23)9-7-17/h6-9,13-14,18H,3-5,10-12,15-16H2,1-2H3/t18-/m1/s1. The number of hydrogen-bond acceptors (Lipinski definition) is 4. The first-order valence-electron chi connectivity index (χ1n) is 10.1. The molecule has 1 aromatic carbocycles. The van der Waals surface area contributed by atoms with Crippen LogP contribution in [0.1, 0.15) is 41.5 Å². The average molecular weight is 384 g/mol. The number of aromatic nitrogens is 2. The Bertz CT molecular complexity index is 763. The highest BCUT2D eigenvalue weighted by Gasteiger charge is 2.23. The molecule has 6 heteroatoms. The van der Waals surface area contributed by atoms with Crippen molar-refractivity contribution >= 4 is 5.91 Å². The molecule has 28 heavy (non-hydrogen) atoms. The van der Waals surface area contributed by atoms with Crippen molar-refractivity contribution in [1.82, 2.24) is 19.8 Å². The van der Waals surface area contributed by atoms with Crippen LogP contribution in [0.25, 0.3) is 0 Å². The molecule has 0 bridgehead atoms. The monoisotopic (exact) mass is 384 g/mol. The molecular formula is C22H29FN4O. The molecule has 3 rings (SSSR count). The minimum atomic E-state index is -0.191. The second-order valence-electron chi connectivity index (χ2n) is 7.61. The van der Waals surface area contributed by atoms with Gasteiger partial charge in [0.25, 0.3) is 5.91 Å². The van der Waals surface area contributed by atoms with Gasteiger partial charge in [-0.3, -0.25) is 4.79 Å². The summed E-state index contributed by atoms with van der Waals surface area (Å²) in [5, 5.41) is 0. The summed E-state index contributed by atoms with van der Waals surface area (Å²) < 4.78 is 13.0. The van der Waals surface area contributed by atoms with Crippen molar-refractivity contribution in [2.75, 3.05) is 33.2 Å². The van der Waals surface area contributed by atoms with Crippen LogP contribution in [0.15, 0.2) is 36.7 Å². The zero-order chi connectivity index (χ0) is 19.9. The van der Waals surface area contributed by atoms with Gasteiger partial charge in [-0.25, -0.2) is 14.4 Å². The Hall–Kier alpha value is -2.34. The second kappa shape index (κ2) is 9.73. The summed E-state index contributed by atoms with van der Waals surface area (Å²) >= 11 is 0. The van der Waals surface area contributed by atoms with Crippen molar-refractivity contribution in [3.05, 3.63) is 59.4 Å². The van der Waals surface area contributed by atoms with Gasteiger partial charge >= 0.3 is 0 Å². The molecule has 1 amide bonds. The van der Waals surface area contributed by atoms with Gasteiger partial charge in [0.1, 0.15) is 11.6 Å². The van der Waals surface area contributed by atoms with E-state index in [9.17, 15) is 9.18 Å². The summed E-state index contributed by atoms with van der Waals surface area (Å²) in [5.41, 5.74) is 1.70. The van der Waals surface area contributed by atoms with E-state index in [1.54, 1.807) is 17.3 Å². The lowest BCUT2D eigenvalue weighted by Crippen LogP contribution is -2.42. The number of hydrogen-bond donors (Lipinski definition) is 0. The van der Waals surface area contributed by atoms with Crippen molar-refractivity contribution in [2.45, 2.75) is 32.6 Å². The fraction of sp³-hybridized carbons (Fsp3) is 0.500. The first-order chi connectivity index (χ1) is 13.5. The van der Waals surface area contributed by atoms with Crippen LogP contribution in [0, 0.1) is 11.7 Å². The molecule has 1 atom stereocenters. The minimum absolute atomic E-state index is 0.0221. The van der Waals surface area contributed by atoms with Gasteiger partial charge in [0.2, 0.25) is 0 Å². The van der Waals surface area contributed by atoms with Crippen LogP contribution in [0.4, 0.5) is 4.39 Å². The van der Waals surface area contributed by atoms with Gasteiger partial charge in [-0.1, -0.05) is 19.1 Å². The largest absolute Gasteiger partial charge is 0.341 e. The Morgan fingerprint density at radius 1 is 1.25 bits per heavy atom. The molecule has 1 fully saturated rings. The second-order valence-corrected chi connectivity index (χ2v) is 7.61. The van der Waals surface area contributed by atoms with Gasteiger partial charge < -0.3 is 9.80 Å². The number of aryl methyl sites for hydroxylation is 1. The van der Waals surface area contributed by atoms with E-state index in [1.165, 1.54) is 12.1 Å². The molecule has 0 radical (unpaired) electrons. The van der Waals surface area contributed by atoms with Crippen molar-refractivity contribution in [3.63, 3.8) is 0 Å². The summed E-state index contributed by atoms with van der Waals surface area (Å²) in [6, 6.07) is 6.75. The first-order valence-corrected chi connectivity index (χ1v) is 10.1. The molecule has 2 aromatic rings. The summed E-state index contributed by atoms with van der Waals surface area (Å²) in [6.07, 6.45) is 7.21. The fourth-order valence-electron chi connectivity index (χ4n) is 3.78. The molecule has 1 aromatic heterocycles. The number of rotatable bonds is 7. The van der Waals surface area contributed by atoms with E-state index in [2.05, 4.69) is 14.9 Å². The molecule has 0 saturated carbocycles. The van der Waals surface area contributed by atoms with Crippen LogP contribution in [-0.2, 0) is 12.8 Å². The van der Waals surface area contributed by atoms with E-state index in [0.717, 1.165) is 63.3 Å². The summed E-state index contributed by atoms with van der Waals surface area (Å²) in [7, 11) is 1.85. The normalized spacial score (nSPS) is 17.5. The molecule has 0 N–H and O–H groups in total. The third-order valence-electron chi connectivity index (χ3n) is 5.38. The van der Waals surface area contributed by atoms with Crippen molar-refractivity contribution in [1.29, 1.82) is 0 Å². The highest BCUT2D eigenvalue weighted by molar-refractivity contribution is 5.93. The van der Waals surface area contributed by atoms with E-state index in [1.807, 2.05) is 26.1 Å². The number of piperidine rings is 1. The number of carbonyl (C=O) groups is 1. The summed E-state index contributed by atoms with van der Waals surface area (Å²) in [5.74, 6) is 1.00. The first kappa shape index (κ1) is 20.4. The third-order valence-corrected chi connectivity index (χ3v) is 5.38. The minimum Gasteiger partial charge on any atom is -0.341 e. The number of carbonyl (C=O) groups excluding carboxylic acids is 1. The molecule has 1 aliphatic rings. The molecule has 0 unspecified atom stereocenters. The average Bonchev–Trinajstić information content (AvgIpc) is 2.73. The smallest absolute Gasteiger partial charge is 0.256 e. The van der Waals surface area contributed by atoms with Gasteiger partial charge in [0.05, 0.1) is 5.56 Å². The van der Waals surface area contributed by atoms with E-state index in [4.69, 9.17) is 0 Å². The molecular weight excluding hydrogens is 355 g/mol. The summed E-state index contributed by atoms with van der Waals surface area (Å²) in [6.45, 7) is 5.77. The number of halogens is 1. The van der Waals surface area contributed by atoms with Gasteiger partial charge in [-0.05, 0) is 49.4 Å². The maximum absolute atomic E-state index is 13.0. The Morgan fingerprint density at radius 3 is 2.64 bits per heavy atom. The van der Waals surface area contributed by atoms with Crippen LogP contribution < -0.4 is 0 Å². The molecule has 2 heterocycles. The molecule has 1 aliphatic heterocycles. The van der Waals surface area contributed by atoms with Gasteiger partial charge in [0.15, 0.2) is 0 Å². The SMILES string of the molecule is CCc1ncc(C(=O)N(C)C[C@H]2CCCN(CCc3ccc(F)cc3)C2)cn1. The Labute approximate surface area is 166 Å². The van der Waals surface area contributed by atoms with Crippen LogP contribution in [0.5, 0.6) is 0 Å². The fourth-order valence-corrected chi connectivity index (χ4v) is 3.78. The maximum atomic E-state index is 13.0. The van der Waals surface area contributed by atoms with Crippen LogP contribution >= 0.6 is 0 Å². The lowest BCUT2D eigenvalue weighted by molar-refractivity contribution is 0.0729. The highest BCUT2D eigenvalue weighted by Crippen LogP contribution is 2.18. The van der Waals surface area contributed by atoms with Crippen LogP contribution in [0.2, 0.25) is 0 Å². The van der Waals surface area contributed by atoms with E-state index in [-0.39, 0.29) is 11.7 Å². The van der Waals surface area contributed by atoms with E-state index >= 15 is 0 Å². The molecule has 0 aliphatic carbocycles. The lowest BCUT2D eigenvalue weighted by Gasteiger charge is -2.34. The zero-order valence-corrected chi connectivity index (χ0v) is 16.8. The van der Waals surface area contributed by atoms with Crippen LogP contribution in [0.3, 0.4) is 0 Å². The quantitative estimate of drug-likeness (QED) is 0.736. The zero-order valence-electron chi connectivity index (χ0n) is 16.8. The molecule has 150 valence electrons. The molecule has 5 nitrogen and oxygen atoms in total. The van der Waals surface area contributed by atoms with Crippen molar-refractivity contribution < 1.29 is 9.18 Å². The maximum Gasteiger partial charge on any atom is 0.256 e. The number of amides is 1. The predicted molar refractivity (Wildman–Crippen MR) is 108 cm³/mol. The Kier molecular flexibility index (Phi) is 7.09. The molecule has 1 saturated heterocycles. The number of nitrogens with zero attached hydrogens (tertiary/aromatic N) is 4. The molecule has 0 spiro atoms. The van der Waals surface area contributed by atoms with Crippen molar-refractivity contribution in [2.24, 2.45) is 5.92 Å². The van der Waals surface area contributed by atoms with Gasteiger partial charge in [-0.2, -0.15) is 0 Å². The lowest BCUT2D eigenvalue weighted by atomic mass is 9.97. The van der Waals surface area contributed by atoms with Crippen molar-refractivity contribution in [3.8, 4) is 0 Å².